The third-order valence-electron chi connectivity index (χ3n) is 3.56. The maximum absolute atomic E-state index is 5.51. The van der Waals surface area contributed by atoms with Gasteiger partial charge in [-0.1, -0.05) is 5.92 Å². The van der Waals surface area contributed by atoms with Crippen LogP contribution in [0.2, 0.25) is 0 Å². The Hall–Kier alpha value is -0.560. The summed E-state index contributed by atoms with van der Waals surface area (Å²) in [4.78, 5) is 7.45. The largest absolute Gasteiger partial charge is 0.304 e. The van der Waals surface area contributed by atoms with Gasteiger partial charge < -0.3 is 9.74 Å². The smallest absolute Gasteiger partial charge is 0.0968 e. The topological polar surface area (TPSA) is 24.5 Å². The number of fused-ring (bicyclic) bond motifs is 3. The van der Waals surface area contributed by atoms with Gasteiger partial charge in [-0.2, -0.15) is 5.48 Å². The first-order valence-corrected chi connectivity index (χ1v) is 5.32. The van der Waals surface area contributed by atoms with E-state index in [1.807, 2.05) is 0 Å². The molecule has 0 aromatic rings. The molecule has 2 unspecified atom stereocenters. The van der Waals surface area contributed by atoms with Gasteiger partial charge >= 0.3 is 0 Å². The van der Waals surface area contributed by atoms with E-state index in [-0.39, 0.29) is 6.04 Å². The average molecular weight is 194 g/mol. The van der Waals surface area contributed by atoms with Crippen LogP contribution in [0.25, 0.3) is 0 Å². The minimum absolute atomic E-state index is 0.0769. The molecule has 3 fully saturated rings. The summed E-state index contributed by atoms with van der Waals surface area (Å²) in [5, 5.41) is 0. The highest BCUT2D eigenvalue weighted by molar-refractivity contribution is 5.05. The summed E-state index contributed by atoms with van der Waals surface area (Å²) in [6.45, 7) is 3.65. The van der Waals surface area contributed by atoms with Crippen LogP contribution in [0, 0.1) is 24.2 Å². The lowest BCUT2D eigenvalue weighted by Crippen LogP contribution is -2.53. The minimum Gasteiger partial charge on any atom is -0.304 e. The van der Waals surface area contributed by atoms with Crippen LogP contribution in [0.5, 0.6) is 0 Å². The van der Waals surface area contributed by atoms with E-state index < -0.39 is 0 Å². The lowest BCUT2D eigenvalue weighted by atomic mass is 9.75. The Morgan fingerprint density at radius 2 is 2.21 bits per heavy atom. The molecule has 3 aliphatic rings. The van der Waals surface area contributed by atoms with Gasteiger partial charge in [-0.3, -0.25) is 0 Å². The fourth-order valence-electron chi connectivity index (χ4n) is 2.76. The first-order valence-electron chi connectivity index (χ1n) is 5.32. The number of hydrogen-bond acceptors (Lipinski definition) is 3. The van der Waals surface area contributed by atoms with Crippen molar-refractivity contribution in [1.29, 1.82) is 0 Å². The van der Waals surface area contributed by atoms with E-state index in [4.69, 9.17) is 11.3 Å². The maximum atomic E-state index is 5.51. The molecular formula is C11H18N2O. The average Bonchev–Trinajstić information content (AvgIpc) is 2.27. The van der Waals surface area contributed by atoms with Crippen molar-refractivity contribution in [3.05, 3.63) is 0 Å². The number of hydrogen-bond donors (Lipinski definition) is 1. The molecule has 3 nitrogen and oxygen atoms in total. The van der Waals surface area contributed by atoms with Crippen LogP contribution >= 0.6 is 0 Å². The van der Waals surface area contributed by atoms with Crippen molar-refractivity contribution in [3.8, 4) is 12.3 Å². The zero-order valence-corrected chi connectivity index (χ0v) is 8.70. The quantitative estimate of drug-likeness (QED) is 0.522. The van der Waals surface area contributed by atoms with Gasteiger partial charge in [-0.05, 0) is 31.8 Å². The Kier molecular flexibility index (Phi) is 3.07. The Labute approximate surface area is 85.8 Å². The predicted octanol–water partition coefficient (Wildman–Crippen LogP) is 0.481. The highest BCUT2D eigenvalue weighted by atomic mass is 16.6. The zero-order valence-electron chi connectivity index (χ0n) is 8.70. The summed E-state index contributed by atoms with van der Waals surface area (Å²) in [5.74, 6) is 4.16. The number of nitrogens with zero attached hydrogens (tertiary/aromatic N) is 1. The molecule has 0 radical (unpaired) electrons. The van der Waals surface area contributed by atoms with Crippen LogP contribution in [0.1, 0.15) is 12.8 Å². The van der Waals surface area contributed by atoms with Gasteiger partial charge in [-0.25, -0.2) is 0 Å². The fourth-order valence-corrected chi connectivity index (χ4v) is 2.76. The second-order valence-corrected chi connectivity index (χ2v) is 4.27. The lowest BCUT2D eigenvalue weighted by Gasteiger charge is -2.46. The second kappa shape index (κ2) is 4.31. The second-order valence-electron chi connectivity index (χ2n) is 4.27. The molecule has 0 aromatic carbocycles. The maximum Gasteiger partial charge on any atom is 0.0968 e. The molecule has 3 aliphatic heterocycles. The molecule has 3 heteroatoms. The summed E-state index contributed by atoms with van der Waals surface area (Å²) in [6, 6.07) is 0.0769. The van der Waals surface area contributed by atoms with Gasteiger partial charge in [-0.15, -0.1) is 6.42 Å². The number of rotatable bonds is 3. The first-order chi connectivity index (χ1) is 6.85. The molecule has 3 rings (SSSR count). The van der Waals surface area contributed by atoms with E-state index in [0.29, 0.717) is 5.92 Å². The standard InChI is InChI=1S/C11H18N2O/c1-3-11(12-14-2)10-8-13-6-4-9(10)5-7-13/h1,9-12H,4-8H2,2H3. The van der Waals surface area contributed by atoms with Crippen LogP contribution in [0.4, 0.5) is 0 Å². The molecule has 78 valence electrons. The van der Waals surface area contributed by atoms with Gasteiger partial charge in [0.1, 0.15) is 0 Å². The molecule has 14 heavy (non-hydrogen) atoms. The fraction of sp³-hybridized carbons (Fsp3) is 0.818. The van der Waals surface area contributed by atoms with Crippen LogP contribution < -0.4 is 5.48 Å². The van der Waals surface area contributed by atoms with Crippen molar-refractivity contribution < 1.29 is 4.84 Å². The Bertz CT molecular complexity index is 228. The molecule has 2 atom stereocenters. The highest BCUT2D eigenvalue weighted by Gasteiger charge is 2.37. The Balaban J connectivity index is 2.00. The summed E-state index contributed by atoms with van der Waals surface area (Å²) < 4.78 is 0. The van der Waals surface area contributed by atoms with Crippen molar-refractivity contribution in [3.63, 3.8) is 0 Å². The van der Waals surface area contributed by atoms with Crippen molar-refractivity contribution in [2.24, 2.45) is 11.8 Å². The van der Waals surface area contributed by atoms with E-state index in [9.17, 15) is 0 Å². The normalized spacial score (nSPS) is 37.9. The van der Waals surface area contributed by atoms with Crippen molar-refractivity contribution in [2.75, 3.05) is 26.7 Å². The molecule has 1 N–H and O–H groups in total. The summed E-state index contributed by atoms with van der Waals surface area (Å²) in [7, 11) is 1.63. The van der Waals surface area contributed by atoms with E-state index in [0.717, 1.165) is 12.5 Å². The molecule has 3 saturated heterocycles. The lowest BCUT2D eigenvalue weighted by molar-refractivity contribution is -0.00622. The SMILES string of the molecule is C#CC(NOC)C1CN2CCC1CC2. The third-order valence-corrected chi connectivity index (χ3v) is 3.56. The van der Waals surface area contributed by atoms with Gasteiger partial charge in [0.25, 0.3) is 0 Å². The van der Waals surface area contributed by atoms with Gasteiger partial charge in [0, 0.05) is 12.5 Å². The van der Waals surface area contributed by atoms with E-state index >= 15 is 0 Å². The highest BCUT2D eigenvalue weighted by Crippen LogP contribution is 2.34. The summed E-state index contributed by atoms with van der Waals surface area (Å²) >= 11 is 0. The number of nitrogens with one attached hydrogen (secondary N) is 1. The van der Waals surface area contributed by atoms with E-state index in [2.05, 4.69) is 16.3 Å². The third kappa shape index (κ3) is 1.78. The van der Waals surface area contributed by atoms with Gasteiger partial charge in [0.05, 0.1) is 13.2 Å². The molecule has 0 amide bonds. The van der Waals surface area contributed by atoms with Crippen LogP contribution in [-0.2, 0) is 4.84 Å². The van der Waals surface area contributed by atoms with Crippen molar-refractivity contribution >= 4 is 0 Å². The van der Waals surface area contributed by atoms with Crippen LogP contribution in [-0.4, -0.2) is 37.7 Å². The van der Waals surface area contributed by atoms with Crippen molar-refractivity contribution in [2.45, 2.75) is 18.9 Å². The predicted molar refractivity (Wildman–Crippen MR) is 55.4 cm³/mol. The minimum atomic E-state index is 0.0769. The molecule has 0 spiro atoms. The number of hydroxylamine groups is 1. The number of piperidine rings is 3. The van der Waals surface area contributed by atoms with Crippen LogP contribution in [0.15, 0.2) is 0 Å². The van der Waals surface area contributed by atoms with E-state index in [1.54, 1.807) is 7.11 Å². The molecule has 3 heterocycles. The van der Waals surface area contributed by atoms with Gasteiger partial charge in [0.15, 0.2) is 0 Å². The molecule has 0 aliphatic carbocycles. The monoisotopic (exact) mass is 194 g/mol. The molecule has 0 aromatic heterocycles. The Morgan fingerprint density at radius 3 is 2.64 bits per heavy atom. The summed E-state index contributed by atoms with van der Waals surface area (Å²) in [5.41, 5.74) is 2.92. The molecule has 2 bridgehead atoms. The van der Waals surface area contributed by atoms with Crippen LogP contribution in [0.3, 0.4) is 0 Å². The Morgan fingerprint density at radius 1 is 1.50 bits per heavy atom. The zero-order chi connectivity index (χ0) is 9.97. The number of terminal acetylenes is 1. The first kappa shape index (κ1) is 9.97. The van der Waals surface area contributed by atoms with Crippen molar-refractivity contribution in [1.82, 2.24) is 10.4 Å². The molecule has 0 saturated carbocycles. The van der Waals surface area contributed by atoms with E-state index in [1.165, 1.54) is 25.9 Å². The van der Waals surface area contributed by atoms with Gasteiger partial charge in [0.2, 0.25) is 0 Å². The summed E-state index contributed by atoms with van der Waals surface area (Å²) in [6.07, 6.45) is 8.11. The molecular weight excluding hydrogens is 176 g/mol.